The Kier molecular flexibility index (Phi) is 5.99. The fraction of sp³-hybridized carbons (Fsp3) is 0.600. The minimum absolute atomic E-state index is 0.764. The van der Waals surface area contributed by atoms with Gasteiger partial charge in [0, 0.05) is 12.2 Å². The van der Waals surface area contributed by atoms with E-state index in [0.29, 0.717) is 0 Å². The Labute approximate surface area is 100 Å². The van der Waals surface area contributed by atoms with E-state index < -0.39 is 0 Å². The van der Waals surface area contributed by atoms with Gasteiger partial charge in [0.2, 0.25) is 0 Å². The summed E-state index contributed by atoms with van der Waals surface area (Å²) < 4.78 is 0. The standard InChI is InChI=1S/C15H25N/c1-4-6-13(3)12-16-15-10-8-14(7-5-2)9-11-15/h8-11,13,16H,4-7,12H2,1-3H3. The van der Waals surface area contributed by atoms with Crippen LogP contribution in [0, 0.1) is 5.92 Å². The van der Waals surface area contributed by atoms with Crippen LogP contribution >= 0.6 is 0 Å². The number of rotatable bonds is 7. The van der Waals surface area contributed by atoms with E-state index in [0.717, 1.165) is 12.5 Å². The number of hydrogen-bond acceptors (Lipinski definition) is 1. The molecule has 0 aliphatic carbocycles. The largest absolute Gasteiger partial charge is 0.385 e. The molecule has 1 aromatic rings. The zero-order chi connectivity index (χ0) is 11.8. The van der Waals surface area contributed by atoms with Crippen LogP contribution in [0.15, 0.2) is 24.3 Å². The zero-order valence-corrected chi connectivity index (χ0v) is 10.9. The van der Waals surface area contributed by atoms with Gasteiger partial charge in [-0.05, 0) is 36.5 Å². The second-order valence-corrected chi connectivity index (χ2v) is 4.72. The summed E-state index contributed by atoms with van der Waals surface area (Å²) in [4.78, 5) is 0. The molecule has 0 amide bonds. The van der Waals surface area contributed by atoms with Gasteiger partial charge < -0.3 is 5.32 Å². The first-order valence-corrected chi connectivity index (χ1v) is 6.59. The van der Waals surface area contributed by atoms with Gasteiger partial charge >= 0.3 is 0 Å². The molecule has 0 aromatic heterocycles. The third-order valence-electron chi connectivity index (χ3n) is 2.93. The van der Waals surface area contributed by atoms with Crippen LogP contribution in [-0.2, 0) is 6.42 Å². The van der Waals surface area contributed by atoms with E-state index in [1.165, 1.54) is 36.9 Å². The van der Waals surface area contributed by atoms with Crippen molar-refractivity contribution in [3.63, 3.8) is 0 Å². The fourth-order valence-electron chi connectivity index (χ4n) is 1.96. The maximum Gasteiger partial charge on any atom is 0.0340 e. The van der Waals surface area contributed by atoms with Gasteiger partial charge in [-0.25, -0.2) is 0 Å². The molecule has 1 rings (SSSR count). The van der Waals surface area contributed by atoms with Gasteiger partial charge in [0.05, 0.1) is 0 Å². The first-order valence-electron chi connectivity index (χ1n) is 6.59. The minimum Gasteiger partial charge on any atom is -0.385 e. The fourth-order valence-corrected chi connectivity index (χ4v) is 1.96. The SMILES string of the molecule is CCCc1ccc(NCC(C)CCC)cc1. The third-order valence-corrected chi connectivity index (χ3v) is 2.93. The monoisotopic (exact) mass is 219 g/mol. The number of aryl methyl sites for hydroxylation is 1. The Hall–Kier alpha value is -0.980. The summed E-state index contributed by atoms with van der Waals surface area (Å²) in [6, 6.07) is 8.86. The van der Waals surface area contributed by atoms with E-state index >= 15 is 0 Å². The van der Waals surface area contributed by atoms with E-state index in [9.17, 15) is 0 Å². The summed E-state index contributed by atoms with van der Waals surface area (Å²) >= 11 is 0. The quantitative estimate of drug-likeness (QED) is 0.712. The highest BCUT2D eigenvalue weighted by Gasteiger charge is 2.00. The Bertz CT molecular complexity index is 276. The van der Waals surface area contributed by atoms with Crippen molar-refractivity contribution in [2.45, 2.75) is 46.5 Å². The van der Waals surface area contributed by atoms with Crippen molar-refractivity contribution in [1.29, 1.82) is 0 Å². The van der Waals surface area contributed by atoms with Gasteiger partial charge in [-0.1, -0.05) is 45.7 Å². The van der Waals surface area contributed by atoms with Crippen LogP contribution in [-0.4, -0.2) is 6.54 Å². The lowest BCUT2D eigenvalue weighted by atomic mass is 10.1. The summed E-state index contributed by atoms with van der Waals surface area (Å²) in [5.74, 6) is 0.764. The molecule has 1 unspecified atom stereocenters. The molecule has 0 saturated carbocycles. The molecular weight excluding hydrogens is 194 g/mol. The molecule has 1 heteroatoms. The van der Waals surface area contributed by atoms with Crippen molar-refractivity contribution in [3.05, 3.63) is 29.8 Å². The van der Waals surface area contributed by atoms with Gasteiger partial charge in [-0.2, -0.15) is 0 Å². The predicted molar refractivity (Wildman–Crippen MR) is 73.0 cm³/mol. The number of hydrogen-bond donors (Lipinski definition) is 1. The maximum absolute atomic E-state index is 3.50. The lowest BCUT2D eigenvalue weighted by Gasteiger charge is -2.12. The summed E-state index contributed by atoms with van der Waals surface area (Å²) in [6.07, 6.45) is 4.99. The van der Waals surface area contributed by atoms with Crippen LogP contribution < -0.4 is 5.32 Å². The van der Waals surface area contributed by atoms with E-state index in [2.05, 4.69) is 50.4 Å². The number of anilines is 1. The Balaban J connectivity index is 2.37. The summed E-state index contributed by atoms with van der Waals surface area (Å²) in [7, 11) is 0. The van der Waals surface area contributed by atoms with Crippen molar-refractivity contribution in [3.8, 4) is 0 Å². The van der Waals surface area contributed by atoms with Crippen LogP contribution in [0.2, 0.25) is 0 Å². The molecule has 0 bridgehead atoms. The molecule has 0 aliphatic rings. The van der Waals surface area contributed by atoms with E-state index in [1.54, 1.807) is 0 Å². The highest BCUT2D eigenvalue weighted by molar-refractivity contribution is 5.44. The van der Waals surface area contributed by atoms with Crippen molar-refractivity contribution < 1.29 is 0 Å². The Morgan fingerprint density at radius 1 is 1.06 bits per heavy atom. The molecule has 0 radical (unpaired) electrons. The van der Waals surface area contributed by atoms with E-state index in [1.807, 2.05) is 0 Å². The first kappa shape index (κ1) is 13.1. The molecule has 0 heterocycles. The average molecular weight is 219 g/mol. The van der Waals surface area contributed by atoms with Gasteiger partial charge in [0.25, 0.3) is 0 Å². The second kappa shape index (κ2) is 7.32. The van der Waals surface area contributed by atoms with Crippen molar-refractivity contribution in [2.75, 3.05) is 11.9 Å². The molecule has 16 heavy (non-hydrogen) atoms. The van der Waals surface area contributed by atoms with Crippen LogP contribution in [0.3, 0.4) is 0 Å². The molecular formula is C15H25N. The second-order valence-electron chi connectivity index (χ2n) is 4.72. The van der Waals surface area contributed by atoms with Gasteiger partial charge in [-0.3, -0.25) is 0 Å². The number of benzene rings is 1. The normalized spacial score (nSPS) is 12.4. The Morgan fingerprint density at radius 3 is 2.31 bits per heavy atom. The van der Waals surface area contributed by atoms with Crippen molar-refractivity contribution >= 4 is 5.69 Å². The summed E-state index contributed by atoms with van der Waals surface area (Å²) in [5, 5.41) is 3.50. The molecule has 0 fully saturated rings. The number of nitrogens with one attached hydrogen (secondary N) is 1. The van der Waals surface area contributed by atoms with Gasteiger partial charge in [0.15, 0.2) is 0 Å². The van der Waals surface area contributed by atoms with E-state index in [-0.39, 0.29) is 0 Å². The zero-order valence-electron chi connectivity index (χ0n) is 10.9. The molecule has 0 saturated heterocycles. The van der Waals surface area contributed by atoms with Crippen LogP contribution in [0.25, 0.3) is 0 Å². The lowest BCUT2D eigenvalue weighted by molar-refractivity contribution is 0.551. The Morgan fingerprint density at radius 2 is 1.75 bits per heavy atom. The topological polar surface area (TPSA) is 12.0 Å². The molecule has 1 aromatic carbocycles. The molecule has 1 nitrogen and oxygen atoms in total. The lowest BCUT2D eigenvalue weighted by Crippen LogP contribution is -2.10. The highest BCUT2D eigenvalue weighted by atomic mass is 14.9. The molecule has 0 aliphatic heterocycles. The van der Waals surface area contributed by atoms with E-state index in [4.69, 9.17) is 0 Å². The van der Waals surface area contributed by atoms with Crippen LogP contribution in [0.4, 0.5) is 5.69 Å². The molecule has 1 atom stereocenters. The average Bonchev–Trinajstić information content (AvgIpc) is 2.29. The summed E-state index contributed by atoms with van der Waals surface area (Å²) in [6.45, 7) is 7.86. The molecule has 90 valence electrons. The minimum atomic E-state index is 0.764. The van der Waals surface area contributed by atoms with Gasteiger partial charge in [0.1, 0.15) is 0 Å². The van der Waals surface area contributed by atoms with Crippen molar-refractivity contribution in [1.82, 2.24) is 0 Å². The van der Waals surface area contributed by atoms with Crippen molar-refractivity contribution in [2.24, 2.45) is 5.92 Å². The summed E-state index contributed by atoms with van der Waals surface area (Å²) in [5.41, 5.74) is 2.69. The molecule has 1 N–H and O–H groups in total. The predicted octanol–water partition coefficient (Wildman–Crippen LogP) is 4.49. The molecule has 0 spiro atoms. The third kappa shape index (κ3) is 4.69. The maximum atomic E-state index is 3.50. The highest BCUT2D eigenvalue weighted by Crippen LogP contribution is 2.12. The smallest absolute Gasteiger partial charge is 0.0340 e. The van der Waals surface area contributed by atoms with Gasteiger partial charge in [-0.15, -0.1) is 0 Å². The first-order chi connectivity index (χ1) is 7.76. The van der Waals surface area contributed by atoms with Crippen LogP contribution in [0.1, 0.15) is 45.6 Å². The van der Waals surface area contributed by atoms with Crippen LogP contribution in [0.5, 0.6) is 0 Å².